The van der Waals surface area contributed by atoms with Gasteiger partial charge in [-0.2, -0.15) is 0 Å². The first-order chi connectivity index (χ1) is 9.31. The number of aromatic nitrogens is 2. The van der Waals surface area contributed by atoms with E-state index in [2.05, 4.69) is 9.97 Å². The van der Waals surface area contributed by atoms with Gasteiger partial charge in [-0.15, -0.1) is 0 Å². The molecule has 0 aliphatic rings. The fourth-order valence-corrected chi connectivity index (χ4v) is 1.20. The number of carbonyl (C=O) groups excluding carboxylic acids is 2. The van der Waals surface area contributed by atoms with E-state index in [0.717, 1.165) is 0 Å². The van der Waals surface area contributed by atoms with Crippen LogP contribution in [0.5, 0.6) is 5.88 Å². The van der Waals surface area contributed by atoms with Crippen LogP contribution in [0.3, 0.4) is 0 Å². The molecule has 0 aromatic carbocycles. The number of ether oxygens (including phenoxy) is 3. The van der Waals surface area contributed by atoms with Crippen molar-refractivity contribution in [1.82, 2.24) is 9.97 Å². The Bertz CT molecular complexity index is 482. The third-order valence-electron chi connectivity index (χ3n) is 1.89. The first kappa shape index (κ1) is 15.9. The van der Waals surface area contributed by atoms with Gasteiger partial charge in [0.15, 0.2) is 12.3 Å². The molecule has 1 aromatic rings. The van der Waals surface area contributed by atoms with Gasteiger partial charge in [0.1, 0.15) is 11.9 Å². The van der Waals surface area contributed by atoms with Gasteiger partial charge in [0.25, 0.3) is 0 Å². The quantitative estimate of drug-likeness (QED) is 0.754. The van der Waals surface area contributed by atoms with Crippen LogP contribution >= 0.6 is 0 Å². The SMILES string of the molecule is CCOC(=O)COc1cc(C(=O)OC(C)(C)C)ncn1. The molecule has 0 radical (unpaired) electrons. The van der Waals surface area contributed by atoms with Gasteiger partial charge in [-0.05, 0) is 27.7 Å². The molecule has 7 nitrogen and oxygen atoms in total. The van der Waals surface area contributed by atoms with Crippen molar-refractivity contribution in [3.8, 4) is 5.88 Å². The second-order valence-corrected chi connectivity index (χ2v) is 4.84. The molecular weight excluding hydrogens is 264 g/mol. The van der Waals surface area contributed by atoms with E-state index in [1.807, 2.05) is 0 Å². The Balaban J connectivity index is 2.66. The van der Waals surface area contributed by atoms with Crippen molar-refractivity contribution in [3.05, 3.63) is 18.1 Å². The number of esters is 2. The molecule has 110 valence electrons. The summed E-state index contributed by atoms with van der Waals surface area (Å²) in [6, 6.07) is 1.31. The highest BCUT2D eigenvalue weighted by Crippen LogP contribution is 2.13. The predicted octanol–water partition coefficient (Wildman–Crippen LogP) is 1.37. The zero-order chi connectivity index (χ0) is 15.2. The fraction of sp³-hybridized carbons (Fsp3) is 0.538. The molecule has 20 heavy (non-hydrogen) atoms. The smallest absolute Gasteiger partial charge is 0.357 e. The molecule has 0 aliphatic heterocycles. The lowest BCUT2D eigenvalue weighted by Crippen LogP contribution is -2.24. The number of hydrogen-bond donors (Lipinski definition) is 0. The van der Waals surface area contributed by atoms with Crippen molar-refractivity contribution < 1.29 is 23.8 Å². The van der Waals surface area contributed by atoms with Crippen molar-refractivity contribution >= 4 is 11.9 Å². The van der Waals surface area contributed by atoms with Crippen molar-refractivity contribution in [3.63, 3.8) is 0 Å². The number of carbonyl (C=O) groups is 2. The Morgan fingerprint density at radius 2 is 1.95 bits per heavy atom. The molecule has 1 heterocycles. The van der Waals surface area contributed by atoms with Gasteiger partial charge >= 0.3 is 11.9 Å². The van der Waals surface area contributed by atoms with Gasteiger partial charge in [-0.3, -0.25) is 0 Å². The summed E-state index contributed by atoms with van der Waals surface area (Å²) in [7, 11) is 0. The third kappa shape index (κ3) is 5.64. The predicted molar refractivity (Wildman–Crippen MR) is 69.3 cm³/mol. The summed E-state index contributed by atoms with van der Waals surface area (Å²) in [5, 5.41) is 0. The van der Waals surface area contributed by atoms with Crippen LogP contribution in [-0.4, -0.2) is 40.7 Å². The molecule has 0 amide bonds. The number of rotatable bonds is 5. The molecule has 0 fully saturated rings. The third-order valence-corrected chi connectivity index (χ3v) is 1.89. The van der Waals surface area contributed by atoms with Gasteiger partial charge in [0, 0.05) is 6.07 Å². The Morgan fingerprint density at radius 3 is 2.55 bits per heavy atom. The van der Waals surface area contributed by atoms with Crippen LogP contribution in [0.15, 0.2) is 12.4 Å². The van der Waals surface area contributed by atoms with Crippen LogP contribution in [-0.2, 0) is 14.3 Å². The Hall–Kier alpha value is -2.18. The molecule has 0 bridgehead atoms. The zero-order valence-electron chi connectivity index (χ0n) is 12.0. The van der Waals surface area contributed by atoms with E-state index in [0.29, 0.717) is 0 Å². The van der Waals surface area contributed by atoms with Gasteiger partial charge < -0.3 is 14.2 Å². The molecule has 0 aliphatic carbocycles. The first-order valence-electron chi connectivity index (χ1n) is 6.15. The lowest BCUT2D eigenvalue weighted by atomic mass is 10.2. The minimum Gasteiger partial charge on any atom is -0.466 e. The summed E-state index contributed by atoms with van der Waals surface area (Å²) >= 11 is 0. The maximum absolute atomic E-state index is 11.8. The normalized spacial score (nSPS) is 10.8. The lowest BCUT2D eigenvalue weighted by molar-refractivity contribution is -0.145. The van der Waals surface area contributed by atoms with Crippen molar-refractivity contribution in [1.29, 1.82) is 0 Å². The van der Waals surface area contributed by atoms with Crippen LogP contribution < -0.4 is 4.74 Å². The van der Waals surface area contributed by atoms with Crippen molar-refractivity contribution in [2.24, 2.45) is 0 Å². The van der Waals surface area contributed by atoms with E-state index in [1.54, 1.807) is 27.7 Å². The Morgan fingerprint density at radius 1 is 1.25 bits per heavy atom. The first-order valence-corrected chi connectivity index (χ1v) is 6.15. The molecule has 1 aromatic heterocycles. The summed E-state index contributed by atoms with van der Waals surface area (Å²) in [5.41, 5.74) is -0.553. The largest absolute Gasteiger partial charge is 0.466 e. The second-order valence-electron chi connectivity index (χ2n) is 4.84. The minimum absolute atomic E-state index is 0.0637. The van der Waals surface area contributed by atoms with Crippen LogP contribution in [0.4, 0.5) is 0 Å². The molecule has 0 saturated carbocycles. The molecule has 7 heteroatoms. The minimum atomic E-state index is -0.617. The van der Waals surface area contributed by atoms with Crippen LogP contribution in [0, 0.1) is 0 Å². The highest BCUT2D eigenvalue weighted by molar-refractivity contribution is 5.87. The molecule has 0 spiro atoms. The maximum atomic E-state index is 11.8. The Kier molecular flexibility index (Phi) is 5.42. The van der Waals surface area contributed by atoms with Crippen LogP contribution in [0.1, 0.15) is 38.2 Å². The molecule has 1 rings (SSSR count). The zero-order valence-corrected chi connectivity index (χ0v) is 12.0. The number of nitrogens with zero attached hydrogens (tertiary/aromatic N) is 2. The van der Waals surface area contributed by atoms with Gasteiger partial charge in [0.2, 0.25) is 5.88 Å². The van der Waals surface area contributed by atoms with Gasteiger partial charge in [0.05, 0.1) is 6.61 Å². The summed E-state index contributed by atoms with van der Waals surface area (Å²) in [4.78, 5) is 30.5. The van der Waals surface area contributed by atoms with Gasteiger partial charge in [-0.25, -0.2) is 19.6 Å². The second kappa shape index (κ2) is 6.83. The summed E-state index contributed by atoms with van der Waals surface area (Å²) in [5.74, 6) is -0.986. The molecular formula is C13H18N2O5. The van der Waals surface area contributed by atoms with E-state index in [-0.39, 0.29) is 24.8 Å². The topological polar surface area (TPSA) is 87.6 Å². The summed E-state index contributed by atoms with van der Waals surface area (Å²) < 4.78 is 15.0. The van der Waals surface area contributed by atoms with Gasteiger partial charge in [-0.1, -0.05) is 0 Å². The average Bonchev–Trinajstić information content (AvgIpc) is 2.35. The average molecular weight is 282 g/mol. The Labute approximate surface area is 117 Å². The highest BCUT2D eigenvalue weighted by atomic mass is 16.6. The van der Waals surface area contributed by atoms with Crippen LogP contribution in [0.25, 0.3) is 0 Å². The molecule has 0 N–H and O–H groups in total. The van der Waals surface area contributed by atoms with E-state index in [9.17, 15) is 9.59 Å². The summed E-state index contributed by atoms with van der Waals surface area (Å²) in [6.07, 6.45) is 1.17. The standard InChI is InChI=1S/C13H18N2O5/c1-5-18-11(16)7-19-10-6-9(14-8-15-10)12(17)20-13(2,3)4/h6,8H,5,7H2,1-4H3. The van der Waals surface area contributed by atoms with Crippen molar-refractivity contribution in [2.75, 3.05) is 13.2 Å². The van der Waals surface area contributed by atoms with E-state index < -0.39 is 17.5 Å². The van der Waals surface area contributed by atoms with Crippen molar-refractivity contribution in [2.45, 2.75) is 33.3 Å². The molecule has 0 atom stereocenters. The number of hydrogen-bond acceptors (Lipinski definition) is 7. The monoisotopic (exact) mass is 282 g/mol. The molecule has 0 saturated heterocycles. The van der Waals surface area contributed by atoms with Crippen LogP contribution in [0.2, 0.25) is 0 Å². The lowest BCUT2D eigenvalue weighted by Gasteiger charge is -2.19. The summed E-state index contributed by atoms with van der Waals surface area (Å²) in [6.45, 7) is 6.95. The van der Waals surface area contributed by atoms with E-state index in [4.69, 9.17) is 14.2 Å². The fourth-order valence-electron chi connectivity index (χ4n) is 1.20. The van der Waals surface area contributed by atoms with E-state index >= 15 is 0 Å². The maximum Gasteiger partial charge on any atom is 0.357 e. The molecule has 0 unspecified atom stereocenters. The highest BCUT2D eigenvalue weighted by Gasteiger charge is 2.19. The van der Waals surface area contributed by atoms with E-state index in [1.165, 1.54) is 12.4 Å².